The number of amides is 4. The number of benzene rings is 1. The lowest BCUT2D eigenvalue weighted by Crippen LogP contribution is -2.51. The van der Waals surface area contributed by atoms with E-state index in [0.717, 1.165) is 70.4 Å². The molecule has 0 radical (unpaired) electrons. The van der Waals surface area contributed by atoms with E-state index in [0.29, 0.717) is 11.3 Å². The van der Waals surface area contributed by atoms with E-state index >= 15 is 0 Å². The molecule has 0 bridgehead atoms. The van der Waals surface area contributed by atoms with Crippen molar-refractivity contribution in [1.29, 1.82) is 0 Å². The van der Waals surface area contributed by atoms with Gasteiger partial charge >= 0.3 is 6.03 Å². The number of anilines is 2. The van der Waals surface area contributed by atoms with E-state index in [2.05, 4.69) is 4.90 Å². The number of imide groups is 2. The van der Waals surface area contributed by atoms with Gasteiger partial charge in [0.2, 0.25) is 0 Å². The van der Waals surface area contributed by atoms with Crippen molar-refractivity contribution in [3.8, 4) is 0 Å². The number of carbonyl (C=O) groups excluding carboxylic acids is 3. The molecular weight excluding hydrogens is 402 g/mol. The highest BCUT2D eigenvalue weighted by Crippen LogP contribution is 2.39. The Hall–Kier alpha value is -3.43. The molecule has 2 N–H and O–H groups in total. The summed E-state index contributed by atoms with van der Waals surface area (Å²) in [5.74, 6) is -1.64. The highest BCUT2D eigenvalue weighted by Gasteiger charge is 2.30. The second-order valence-corrected chi connectivity index (χ2v) is 8.05. The Morgan fingerprint density at radius 1 is 0.806 bits per heavy atom. The summed E-state index contributed by atoms with van der Waals surface area (Å²) in [7, 11) is 0. The number of hydrogen-bond donors (Lipinski definition) is 2. The summed E-state index contributed by atoms with van der Waals surface area (Å²) in [5, 5.41) is 16.0. The summed E-state index contributed by atoms with van der Waals surface area (Å²) in [6.07, 6.45) is 7.53. The minimum Gasteiger partial charge on any atom is -0.371 e. The second kappa shape index (κ2) is 8.75. The zero-order valence-corrected chi connectivity index (χ0v) is 17.2. The van der Waals surface area contributed by atoms with Gasteiger partial charge in [-0.05, 0) is 50.7 Å². The zero-order chi connectivity index (χ0) is 22.0. The van der Waals surface area contributed by atoms with Crippen molar-refractivity contribution in [1.82, 2.24) is 10.6 Å². The number of carbonyl (C=O) groups is 3. The van der Waals surface area contributed by atoms with E-state index in [1.54, 1.807) is 0 Å². The van der Waals surface area contributed by atoms with Crippen molar-refractivity contribution < 1.29 is 19.3 Å². The maximum Gasteiger partial charge on any atom is 0.328 e. The van der Waals surface area contributed by atoms with Gasteiger partial charge in [0.1, 0.15) is 11.3 Å². The number of nitrogens with zero attached hydrogens (tertiary/aromatic N) is 3. The summed E-state index contributed by atoms with van der Waals surface area (Å²) < 4.78 is 0. The average Bonchev–Trinajstić information content (AvgIpc) is 2.77. The van der Waals surface area contributed by atoms with Crippen LogP contribution in [0.15, 0.2) is 17.7 Å². The van der Waals surface area contributed by atoms with Crippen molar-refractivity contribution in [2.45, 2.75) is 38.5 Å². The predicted octanol–water partition coefficient (Wildman–Crippen LogP) is 2.32. The number of rotatable bonds is 4. The molecular formula is C21H25N5O5. The summed E-state index contributed by atoms with van der Waals surface area (Å²) in [5.41, 5.74) is 1.44. The number of barbiturate groups is 1. The molecule has 3 aliphatic rings. The first-order valence-electron chi connectivity index (χ1n) is 10.6. The third-order valence-corrected chi connectivity index (χ3v) is 5.96. The van der Waals surface area contributed by atoms with Gasteiger partial charge in [-0.25, -0.2) is 4.79 Å². The maximum absolute atomic E-state index is 12.2. The van der Waals surface area contributed by atoms with E-state index in [4.69, 9.17) is 0 Å². The first-order chi connectivity index (χ1) is 14.9. The van der Waals surface area contributed by atoms with Crippen LogP contribution >= 0.6 is 0 Å². The summed E-state index contributed by atoms with van der Waals surface area (Å²) >= 11 is 0. The molecule has 0 atom stereocenters. The van der Waals surface area contributed by atoms with Gasteiger partial charge < -0.3 is 9.80 Å². The molecule has 164 valence electrons. The van der Waals surface area contributed by atoms with Crippen LogP contribution in [-0.4, -0.2) is 48.9 Å². The van der Waals surface area contributed by atoms with Crippen LogP contribution < -0.4 is 20.4 Å². The van der Waals surface area contributed by atoms with Crippen LogP contribution in [0.5, 0.6) is 0 Å². The molecule has 10 nitrogen and oxygen atoms in total. The normalized spacial score (nSPS) is 19.7. The number of nitro benzene ring substituents is 1. The molecule has 0 aliphatic carbocycles. The maximum atomic E-state index is 12.2. The first-order valence-corrected chi connectivity index (χ1v) is 10.6. The van der Waals surface area contributed by atoms with Crippen LogP contribution in [0.4, 0.5) is 21.9 Å². The van der Waals surface area contributed by atoms with Gasteiger partial charge in [0, 0.05) is 43.5 Å². The van der Waals surface area contributed by atoms with E-state index in [1.165, 1.54) is 12.1 Å². The third kappa shape index (κ3) is 4.37. The van der Waals surface area contributed by atoms with E-state index in [9.17, 15) is 24.5 Å². The van der Waals surface area contributed by atoms with Crippen LogP contribution in [0.1, 0.15) is 44.1 Å². The Morgan fingerprint density at radius 2 is 1.32 bits per heavy atom. The summed E-state index contributed by atoms with van der Waals surface area (Å²) in [6, 6.07) is 2.39. The molecule has 4 amide bonds. The molecule has 0 saturated carbocycles. The fraction of sp³-hybridized carbons (Fsp3) is 0.476. The summed E-state index contributed by atoms with van der Waals surface area (Å²) in [6.45, 7) is 3.11. The van der Waals surface area contributed by atoms with Crippen LogP contribution in [0.2, 0.25) is 0 Å². The quantitative estimate of drug-likeness (QED) is 0.327. The highest BCUT2D eigenvalue weighted by molar-refractivity contribution is 6.31. The molecule has 0 unspecified atom stereocenters. The monoisotopic (exact) mass is 427 g/mol. The molecule has 1 aromatic rings. The van der Waals surface area contributed by atoms with Gasteiger partial charge in [0.05, 0.1) is 4.92 Å². The molecule has 0 spiro atoms. The number of urea groups is 1. The van der Waals surface area contributed by atoms with E-state index in [1.807, 2.05) is 21.6 Å². The molecule has 1 aromatic carbocycles. The number of hydrogen-bond acceptors (Lipinski definition) is 7. The molecule has 4 rings (SSSR count). The Balaban J connectivity index is 1.84. The van der Waals surface area contributed by atoms with Crippen LogP contribution in [-0.2, 0) is 9.59 Å². The van der Waals surface area contributed by atoms with Crippen molar-refractivity contribution in [2.24, 2.45) is 0 Å². The molecule has 3 heterocycles. The third-order valence-electron chi connectivity index (χ3n) is 5.96. The number of nitro groups is 1. The predicted molar refractivity (Wildman–Crippen MR) is 115 cm³/mol. The molecule has 3 fully saturated rings. The average molecular weight is 427 g/mol. The number of nitrogens with one attached hydrogen (secondary N) is 2. The standard InChI is InChI=1S/C21H25N5O5/c27-19-15(20(28)23-21(29)22-19)11-14-12-18(26(30)31)17(25-9-5-2-6-10-25)13-16(14)24-7-3-1-4-8-24/h11-13H,1-10H2,(H2,22,23,27,28,29). The molecule has 3 saturated heterocycles. The molecule has 10 heteroatoms. The fourth-order valence-corrected chi connectivity index (χ4v) is 4.40. The van der Waals surface area contributed by atoms with Crippen molar-refractivity contribution >= 4 is 41.0 Å². The lowest BCUT2D eigenvalue weighted by atomic mass is 10.0. The van der Waals surface area contributed by atoms with Crippen LogP contribution in [0.3, 0.4) is 0 Å². The fourth-order valence-electron chi connectivity index (χ4n) is 4.40. The lowest BCUT2D eigenvalue weighted by Gasteiger charge is -2.33. The smallest absolute Gasteiger partial charge is 0.328 e. The second-order valence-electron chi connectivity index (χ2n) is 8.05. The molecule has 0 aromatic heterocycles. The largest absolute Gasteiger partial charge is 0.371 e. The van der Waals surface area contributed by atoms with Crippen molar-refractivity contribution in [3.63, 3.8) is 0 Å². The Labute approximate surface area is 179 Å². The van der Waals surface area contributed by atoms with Crippen molar-refractivity contribution in [2.75, 3.05) is 36.0 Å². The molecule has 3 aliphatic heterocycles. The minimum absolute atomic E-state index is 0.0535. The SMILES string of the molecule is O=C1NC(=O)C(=Cc2cc([N+](=O)[O-])c(N3CCCCC3)cc2N2CCCCC2)C(=O)N1. The van der Waals surface area contributed by atoms with Crippen LogP contribution in [0, 0.1) is 10.1 Å². The van der Waals surface area contributed by atoms with Gasteiger partial charge in [-0.15, -0.1) is 0 Å². The van der Waals surface area contributed by atoms with Gasteiger partial charge in [-0.1, -0.05) is 0 Å². The first kappa shape index (κ1) is 20.8. The number of piperidine rings is 2. The van der Waals surface area contributed by atoms with Gasteiger partial charge in [0.25, 0.3) is 17.5 Å². The van der Waals surface area contributed by atoms with E-state index in [-0.39, 0.29) is 11.3 Å². The van der Waals surface area contributed by atoms with Crippen LogP contribution in [0.25, 0.3) is 6.08 Å². The molecule has 31 heavy (non-hydrogen) atoms. The van der Waals surface area contributed by atoms with E-state index < -0.39 is 22.8 Å². The summed E-state index contributed by atoms with van der Waals surface area (Å²) in [4.78, 5) is 51.5. The van der Waals surface area contributed by atoms with Gasteiger partial charge in [-0.3, -0.25) is 30.3 Å². The Morgan fingerprint density at radius 3 is 1.84 bits per heavy atom. The topological polar surface area (TPSA) is 125 Å². The van der Waals surface area contributed by atoms with Gasteiger partial charge in [-0.2, -0.15) is 0 Å². The van der Waals surface area contributed by atoms with Gasteiger partial charge in [0.15, 0.2) is 0 Å². The Bertz CT molecular complexity index is 939. The zero-order valence-electron chi connectivity index (χ0n) is 17.2. The highest BCUT2D eigenvalue weighted by atomic mass is 16.6. The lowest BCUT2D eigenvalue weighted by molar-refractivity contribution is -0.384. The van der Waals surface area contributed by atoms with Crippen molar-refractivity contribution in [3.05, 3.63) is 33.4 Å². The Kier molecular flexibility index (Phi) is 5.88. The minimum atomic E-state index is -0.880.